The first kappa shape index (κ1) is 13.8. The van der Waals surface area contributed by atoms with Gasteiger partial charge in [0.1, 0.15) is 0 Å². The summed E-state index contributed by atoms with van der Waals surface area (Å²) in [4.78, 5) is 12.8. The molecule has 0 aromatic heterocycles. The maximum atomic E-state index is 10.8. The van der Waals surface area contributed by atoms with Crippen molar-refractivity contribution in [3.05, 3.63) is 33.9 Å². The molecule has 0 amide bonds. The third-order valence-electron chi connectivity index (χ3n) is 3.24. The molecule has 104 valence electrons. The zero-order valence-corrected chi connectivity index (χ0v) is 11.2. The van der Waals surface area contributed by atoms with Crippen LogP contribution in [0.25, 0.3) is 0 Å². The van der Waals surface area contributed by atoms with Gasteiger partial charge in [-0.2, -0.15) is 0 Å². The van der Waals surface area contributed by atoms with Crippen molar-refractivity contribution in [3.8, 4) is 0 Å². The minimum Gasteiger partial charge on any atom is -0.384 e. The van der Waals surface area contributed by atoms with Gasteiger partial charge in [0, 0.05) is 57.1 Å². The van der Waals surface area contributed by atoms with Crippen LogP contribution in [0.4, 0.5) is 11.4 Å². The van der Waals surface area contributed by atoms with Gasteiger partial charge in [-0.1, -0.05) is 0 Å². The lowest BCUT2D eigenvalue weighted by Crippen LogP contribution is -2.45. The highest BCUT2D eigenvalue weighted by molar-refractivity contribution is 5.53. The second-order valence-corrected chi connectivity index (χ2v) is 4.83. The van der Waals surface area contributed by atoms with Crippen LogP contribution in [0.3, 0.4) is 0 Å². The molecule has 6 heteroatoms. The zero-order valence-electron chi connectivity index (χ0n) is 11.2. The maximum Gasteiger partial charge on any atom is 0.271 e. The molecule has 0 unspecified atom stereocenters. The lowest BCUT2D eigenvalue weighted by Gasteiger charge is -2.27. The van der Waals surface area contributed by atoms with E-state index in [9.17, 15) is 10.1 Å². The van der Waals surface area contributed by atoms with Gasteiger partial charge < -0.3 is 10.6 Å². The number of nitro groups is 1. The first-order valence-corrected chi connectivity index (χ1v) is 6.58. The SMILES string of the molecule is Cc1cc(NCCN2CCNCC2)cc([N+](=O)[O-])c1. The molecule has 0 spiro atoms. The Balaban J connectivity index is 1.86. The van der Waals surface area contributed by atoms with Gasteiger partial charge in [0.05, 0.1) is 4.92 Å². The number of anilines is 1. The lowest BCUT2D eigenvalue weighted by molar-refractivity contribution is -0.384. The molecule has 0 radical (unpaired) electrons. The van der Waals surface area contributed by atoms with Gasteiger partial charge in [-0.3, -0.25) is 15.0 Å². The van der Waals surface area contributed by atoms with E-state index < -0.39 is 0 Å². The van der Waals surface area contributed by atoms with Crippen LogP contribution in [0, 0.1) is 17.0 Å². The zero-order chi connectivity index (χ0) is 13.7. The average Bonchev–Trinajstić information content (AvgIpc) is 2.39. The minimum atomic E-state index is -0.353. The molecular weight excluding hydrogens is 244 g/mol. The normalized spacial score (nSPS) is 16.3. The number of piperazine rings is 1. The van der Waals surface area contributed by atoms with Crippen molar-refractivity contribution < 1.29 is 4.92 Å². The third kappa shape index (κ3) is 4.18. The molecule has 0 aliphatic carbocycles. The number of nitrogens with zero attached hydrogens (tertiary/aromatic N) is 2. The Bertz CT molecular complexity index is 444. The van der Waals surface area contributed by atoms with Crippen molar-refractivity contribution in [1.29, 1.82) is 0 Å². The summed E-state index contributed by atoms with van der Waals surface area (Å²) in [6.07, 6.45) is 0. The molecule has 2 rings (SSSR count). The largest absolute Gasteiger partial charge is 0.384 e. The van der Waals surface area contributed by atoms with E-state index in [1.807, 2.05) is 13.0 Å². The third-order valence-corrected chi connectivity index (χ3v) is 3.24. The van der Waals surface area contributed by atoms with Crippen LogP contribution in [0.15, 0.2) is 18.2 Å². The van der Waals surface area contributed by atoms with Crippen LogP contribution < -0.4 is 10.6 Å². The van der Waals surface area contributed by atoms with E-state index in [0.717, 1.165) is 50.5 Å². The highest BCUT2D eigenvalue weighted by atomic mass is 16.6. The van der Waals surface area contributed by atoms with Crippen molar-refractivity contribution in [2.75, 3.05) is 44.6 Å². The van der Waals surface area contributed by atoms with E-state index in [-0.39, 0.29) is 10.6 Å². The minimum absolute atomic E-state index is 0.143. The smallest absolute Gasteiger partial charge is 0.271 e. The fourth-order valence-electron chi connectivity index (χ4n) is 2.26. The number of aryl methyl sites for hydroxylation is 1. The van der Waals surface area contributed by atoms with E-state index in [1.165, 1.54) is 0 Å². The Morgan fingerprint density at radius 3 is 2.79 bits per heavy atom. The summed E-state index contributed by atoms with van der Waals surface area (Å²) in [5.41, 5.74) is 1.87. The summed E-state index contributed by atoms with van der Waals surface area (Å²) >= 11 is 0. The fraction of sp³-hybridized carbons (Fsp3) is 0.538. The standard InChI is InChI=1S/C13H20N4O2/c1-11-8-12(10-13(9-11)17(18)19)15-4-7-16-5-2-14-3-6-16/h8-10,14-15H,2-7H2,1H3. The summed E-state index contributed by atoms with van der Waals surface area (Å²) in [6, 6.07) is 5.11. The predicted molar refractivity (Wildman–Crippen MR) is 75.6 cm³/mol. The van der Waals surface area contributed by atoms with E-state index in [4.69, 9.17) is 0 Å². The molecular formula is C13H20N4O2. The van der Waals surface area contributed by atoms with Gasteiger partial charge in [0.2, 0.25) is 0 Å². The van der Waals surface area contributed by atoms with Crippen LogP contribution in [-0.4, -0.2) is 49.1 Å². The molecule has 1 aromatic rings. The van der Waals surface area contributed by atoms with Crippen molar-refractivity contribution in [3.63, 3.8) is 0 Å². The molecule has 1 heterocycles. The Labute approximate surface area is 112 Å². The average molecular weight is 264 g/mol. The highest BCUT2D eigenvalue weighted by Gasteiger charge is 2.10. The quantitative estimate of drug-likeness (QED) is 0.618. The number of rotatable bonds is 5. The van der Waals surface area contributed by atoms with E-state index in [1.54, 1.807) is 12.1 Å². The number of nitro benzene ring substituents is 1. The van der Waals surface area contributed by atoms with Crippen molar-refractivity contribution in [2.45, 2.75) is 6.92 Å². The van der Waals surface area contributed by atoms with E-state index in [2.05, 4.69) is 15.5 Å². The van der Waals surface area contributed by atoms with Crippen LogP contribution in [0.2, 0.25) is 0 Å². The Kier molecular flexibility index (Phi) is 4.70. The number of hydrogen-bond acceptors (Lipinski definition) is 5. The number of benzene rings is 1. The predicted octanol–water partition coefficient (Wildman–Crippen LogP) is 1.22. The molecule has 0 bridgehead atoms. The van der Waals surface area contributed by atoms with Crippen molar-refractivity contribution in [2.24, 2.45) is 0 Å². The summed E-state index contributed by atoms with van der Waals surface area (Å²) in [5, 5.41) is 17.4. The number of non-ortho nitro benzene ring substituents is 1. The molecule has 6 nitrogen and oxygen atoms in total. The summed E-state index contributed by atoms with van der Waals surface area (Å²) in [7, 11) is 0. The van der Waals surface area contributed by atoms with E-state index in [0.29, 0.717) is 0 Å². The lowest BCUT2D eigenvalue weighted by atomic mass is 10.2. The van der Waals surface area contributed by atoms with Gasteiger partial charge >= 0.3 is 0 Å². The summed E-state index contributed by atoms with van der Waals surface area (Å²) < 4.78 is 0. The molecule has 1 aromatic carbocycles. The molecule has 1 fully saturated rings. The molecule has 0 atom stereocenters. The van der Waals surface area contributed by atoms with Gasteiger partial charge in [-0.25, -0.2) is 0 Å². The molecule has 2 N–H and O–H groups in total. The first-order chi connectivity index (χ1) is 9.15. The molecule has 1 aliphatic rings. The van der Waals surface area contributed by atoms with Gasteiger partial charge in [0.15, 0.2) is 0 Å². The Morgan fingerprint density at radius 2 is 2.11 bits per heavy atom. The summed E-state index contributed by atoms with van der Waals surface area (Å²) in [5.74, 6) is 0. The highest BCUT2D eigenvalue weighted by Crippen LogP contribution is 2.20. The monoisotopic (exact) mass is 264 g/mol. The second-order valence-electron chi connectivity index (χ2n) is 4.83. The topological polar surface area (TPSA) is 70.4 Å². The second kappa shape index (κ2) is 6.49. The Morgan fingerprint density at radius 1 is 1.37 bits per heavy atom. The van der Waals surface area contributed by atoms with Crippen LogP contribution in [-0.2, 0) is 0 Å². The van der Waals surface area contributed by atoms with Crippen LogP contribution in [0.1, 0.15) is 5.56 Å². The molecule has 0 saturated carbocycles. The summed E-state index contributed by atoms with van der Waals surface area (Å²) in [6.45, 7) is 7.84. The number of hydrogen-bond donors (Lipinski definition) is 2. The van der Waals surface area contributed by atoms with E-state index >= 15 is 0 Å². The maximum absolute atomic E-state index is 10.8. The first-order valence-electron chi connectivity index (χ1n) is 6.58. The van der Waals surface area contributed by atoms with Gasteiger partial charge in [0.25, 0.3) is 5.69 Å². The Hall–Kier alpha value is -1.66. The van der Waals surface area contributed by atoms with Crippen LogP contribution >= 0.6 is 0 Å². The fourth-order valence-corrected chi connectivity index (χ4v) is 2.26. The molecule has 1 saturated heterocycles. The van der Waals surface area contributed by atoms with Crippen molar-refractivity contribution in [1.82, 2.24) is 10.2 Å². The van der Waals surface area contributed by atoms with Crippen molar-refractivity contribution >= 4 is 11.4 Å². The number of nitrogens with one attached hydrogen (secondary N) is 2. The van der Waals surface area contributed by atoms with Gasteiger partial charge in [-0.05, 0) is 18.6 Å². The molecule has 19 heavy (non-hydrogen) atoms. The van der Waals surface area contributed by atoms with Crippen LogP contribution in [0.5, 0.6) is 0 Å². The molecule has 1 aliphatic heterocycles. The van der Waals surface area contributed by atoms with Gasteiger partial charge in [-0.15, -0.1) is 0 Å².